The van der Waals surface area contributed by atoms with Gasteiger partial charge in [-0.05, 0) is 79.1 Å². The van der Waals surface area contributed by atoms with Crippen LogP contribution < -0.4 is 5.32 Å². The number of allylic oxidation sites excluding steroid dienone is 4. The van der Waals surface area contributed by atoms with Crippen molar-refractivity contribution in [1.82, 2.24) is 5.32 Å². The first-order valence-corrected chi connectivity index (χ1v) is 14.5. The Bertz CT molecular complexity index is 928. The van der Waals surface area contributed by atoms with Crippen molar-refractivity contribution >= 4 is 11.9 Å². The Kier molecular flexibility index (Phi) is 6.56. The van der Waals surface area contributed by atoms with E-state index < -0.39 is 0 Å². The van der Waals surface area contributed by atoms with Gasteiger partial charge in [-0.1, -0.05) is 23.3 Å². The average molecular weight is 514 g/mol. The summed E-state index contributed by atoms with van der Waals surface area (Å²) in [7, 11) is 0. The SMILES string of the molecule is C/C1=C/CCC2(C)OC2C2OC(=O)C(CNCC3C(=O)OC4C3CC/C(C)=C\CCC3(C)OC43)C2CC1. The van der Waals surface area contributed by atoms with Crippen LogP contribution in [-0.2, 0) is 28.5 Å². The number of fused-ring (bicyclic) bond motifs is 6. The topological polar surface area (TPSA) is 89.7 Å². The van der Waals surface area contributed by atoms with E-state index in [0.29, 0.717) is 13.1 Å². The molecule has 6 aliphatic rings. The highest BCUT2D eigenvalue weighted by Gasteiger charge is 2.64. The molecule has 204 valence electrons. The van der Waals surface area contributed by atoms with Crippen LogP contribution >= 0.6 is 0 Å². The summed E-state index contributed by atoms with van der Waals surface area (Å²) >= 11 is 0. The zero-order chi connectivity index (χ0) is 25.9. The molecule has 37 heavy (non-hydrogen) atoms. The van der Waals surface area contributed by atoms with Gasteiger partial charge in [-0.15, -0.1) is 0 Å². The van der Waals surface area contributed by atoms with Gasteiger partial charge in [-0.25, -0.2) is 0 Å². The lowest BCUT2D eigenvalue weighted by atomic mass is 9.80. The summed E-state index contributed by atoms with van der Waals surface area (Å²) in [5.41, 5.74) is 2.37. The number of epoxide rings is 2. The Morgan fingerprint density at radius 1 is 0.784 bits per heavy atom. The fourth-order valence-corrected chi connectivity index (χ4v) is 7.54. The molecular weight excluding hydrogens is 470 g/mol. The quantitative estimate of drug-likeness (QED) is 0.342. The highest BCUT2D eigenvalue weighted by atomic mass is 16.7. The molecule has 0 bridgehead atoms. The Hall–Kier alpha value is -1.70. The number of nitrogens with one attached hydrogen (secondary N) is 1. The number of rotatable bonds is 4. The third-order valence-corrected chi connectivity index (χ3v) is 10.2. The van der Waals surface area contributed by atoms with Crippen molar-refractivity contribution < 1.29 is 28.5 Å². The van der Waals surface area contributed by atoms with Crippen molar-refractivity contribution in [2.45, 2.75) is 115 Å². The number of esters is 2. The Labute approximate surface area is 220 Å². The molecule has 0 spiro atoms. The molecule has 0 aromatic carbocycles. The first-order chi connectivity index (χ1) is 17.7. The summed E-state index contributed by atoms with van der Waals surface area (Å²) in [5.74, 6) is -0.451. The van der Waals surface area contributed by atoms with Gasteiger partial charge in [0.1, 0.15) is 24.4 Å². The van der Waals surface area contributed by atoms with E-state index in [1.54, 1.807) is 0 Å². The number of ether oxygens (including phenoxy) is 4. The average Bonchev–Trinajstić information content (AvgIpc) is 3.63. The van der Waals surface area contributed by atoms with Gasteiger partial charge in [0.05, 0.1) is 23.0 Å². The molecule has 0 amide bonds. The van der Waals surface area contributed by atoms with Crippen LogP contribution in [0.15, 0.2) is 23.3 Å². The molecule has 0 aromatic heterocycles. The van der Waals surface area contributed by atoms with Gasteiger partial charge in [0.2, 0.25) is 0 Å². The monoisotopic (exact) mass is 513 g/mol. The van der Waals surface area contributed by atoms with Crippen LogP contribution in [0.2, 0.25) is 0 Å². The van der Waals surface area contributed by atoms with Gasteiger partial charge >= 0.3 is 11.9 Å². The van der Waals surface area contributed by atoms with Crippen molar-refractivity contribution in [3.8, 4) is 0 Å². The third-order valence-electron chi connectivity index (χ3n) is 10.2. The summed E-state index contributed by atoms with van der Waals surface area (Å²) in [6.07, 6.45) is 12.0. The predicted octanol–water partition coefficient (Wildman–Crippen LogP) is 4.25. The molecule has 4 aliphatic heterocycles. The molecular formula is C30H43NO6. The van der Waals surface area contributed by atoms with E-state index in [1.165, 1.54) is 11.1 Å². The summed E-state index contributed by atoms with van der Waals surface area (Å²) < 4.78 is 24.1. The lowest BCUT2D eigenvalue weighted by molar-refractivity contribution is -0.145. The number of carbonyl (C=O) groups excluding carboxylic acids is 2. The van der Waals surface area contributed by atoms with Crippen molar-refractivity contribution in [2.75, 3.05) is 13.1 Å². The maximum atomic E-state index is 13.0. The molecule has 7 heteroatoms. The van der Waals surface area contributed by atoms with Gasteiger partial charge in [-0.3, -0.25) is 9.59 Å². The molecule has 10 atom stereocenters. The predicted molar refractivity (Wildman–Crippen MR) is 138 cm³/mol. The highest BCUT2D eigenvalue weighted by molar-refractivity contribution is 5.76. The smallest absolute Gasteiger partial charge is 0.311 e. The zero-order valence-corrected chi connectivity index (χ0v) is 22.8. The fourth-order valence-electron chi connectivity index (χ4n) is 7.54. The van der Waals surface area contributed by atoms with Crippen LogP contribution in [-0.4, -0.2) is 60.6 Å². The van der Waals surface area contributed by atoms with Gasteiger partial charge in [0.15, 0.2) is 0 Å². The zero-order valence-electron chi connectivity index (χ0n) is 22.8. The number of hydrogen-bond acceptors (Lipinski definition) is 7. The van der Waals surface area contributed by atoms with Crippen LogP contribution in [0.4, 0.5) is 0 Å². The molecule has 4 saturated heterocycles. The summed E-state index contributed by atoms with van der Waals surface area (Å²) in [4.78, 5) is 26.1. The second-order valence-electron chi connectivity index (χ2n) is 13.0. The van der Waals surface area contributed by atoms with E-state index in [-0.39, 0.29) is 71.2 Å². The molecule has 2 aliphatic carbocycles. The largest absolute Gasteiger partial charge is 0.459 e. The van der Waals surface area contributed by atoms with Gasteiger partial charge in [0, 0.05) is 24.9 Å². The van der Waals surface area contributed by atoms with Crippen LogP contribution in [0.25, 0.3) is 0 Å². The molecule has 4 fully saturated rings. The van der Waals surface area contributed by atoms with Gasteiger partial charge < -0.3 is 24.3 Å². The van der Waals surface area contributed by atoms with Crippen molar-refractivity contribution in [2.24, 2.45) is 23.7 Å². The minimum Gasteiger partial charge on any atom is -0.459 e. The lowest BCUT2D eigenvalue weighted by Crippen LogP contribution is -2.38. The van der Waals surface area contributed by atoms with E-state index in [2.05, 4.69) is 45.2 Å². The van der Waals surface area contributed by atoms with Crippen molar-refractivity contribution in [1.29, 1.82) is 0 Å². The Balaban J connectivity index is 1.12. The van der Waals surface area contributed by atoms with Gasteiger partial charge in [-0.2, -0.15) is 0 Å². The van der Waals surface area contributed by atoms with E-state index in [9.17, 15) is 9.59 Å². The van der Waals surface area contributed by atoms with Crippen LogP contribution in [0.3, 0.4) is 0 Å². The van der Waals surface area contributed by atoms with Crippen LogP contribution in [0, 0.1) is 23.7 Å². The van der Waals surface area contributed by atoms with E-state index in [0.717, 1.165) is 51.4 Å². The summed E-state index contributed by atoms with van der Waals surface area (Å²) in [6, 6.07) is 0. The fraction of sp³-hybridized carbons (Fsp3) is 0.800. The molecule has 0 aromatic rings. The molecule has 7 nitrogen and oxygen atoms in total. The summed E-state index contributed by atoms with van der Waals surface area (Å²) in [5, 5.41) is 3.51. The third kappa shape index (κ3) is 4.80. The lowest BCUT2D eigenvalue weighted by Gasteiger charge is -2.24. The maximum Gasteiger partial charge on any atom is 0.311 e. The van der Waals surface area contributed by atoms with E-state index in [1.807, 2.05) is 0 Å². The molecule has 4 heterocycles. The highest BCUT2D eigenvalue weighted by Crippen LogP contribution is 2.51. The molecule has 6 rings (SSSR count). The molecule has 0 radical (unpaired) electrons. The standard InChI is InChI=1S/C30H43NO6/c1-17-7-5-13-29(3)25(36-29)23-19(11-9-17)21(27(32)34-23)15-31-16-22-20-12-10-18(2)8-6-14-30(4)26(37-30)24(20)35-28(22)33/h7-8,19-26,31H,5-6,9-16H2,1-4H3/b17-7-,18-8-. The second kappa shape index (κ2) is 9.49. The first kappa shape index (κ1) is 25.6. The minimum atomic E-state index is -0.219. The van der Waals surface area contributed by atoms with E-state index in [4.69, 9.17) is 18.9 Å². The maximum absolute atomic E-state index is 13.0. The van der Waals surface area contributed by atoms with E-state index >= 15 is 0 Å². The normalized spacial score (nSPS) is 50.1. The molecule has 10 unspecified atom stereocenters. The number of carbonyl (C=O) groups is 2. The van der Waals surface area contributed by atoms with Crippen molar-refractivity contribution in [3.05, 3.63) is 23.3 Å². The Morgan fingerprint density at radius 2 is 1.22 bits per heavy atom. The minimum absolute atomic E-state index is 0.00379. The summed E-state index contributed by atoms with van der Waals surface area (Å²) in [6.45, 7) is 9.69. The van der Waals surface area contributed by atoms with Crippen LogP contribution in [0.1, 0.15) is 79.1 Å². The van der Waals surface area contributed by atoms with Gasteiger partial charge in [0.25, 0.3) is 0 Å². The first-order valence-electron chi connectivity index (χ1n) is 14.5. The molecule has 0 saturated carbocycles. The number of hydrogen-bond donors (Lipinski definition) is 1. The molecule has 1 N–H and O–H groups in total. The second-order valence-corrected chi connectivity index (χ2v) is 13.0. The van der Waals surface area contributed by atoms with Crippen molar-refractivity contribution in [3.63, 3.8) is 0 Å². The Morgan fingerprint density at radius 3 is 1.65 bits per heavy atom. The van der Waals surface area contributed by atoms with Crippen LogP contribution in [0.5, 0.6) is 0 Å².